The maximum atomic E-state index is 13.5. The molecule has 100 valence electrons. The van der Waals surface area contributed by atoms with Crippen LogP contribution in [0.15, 0.2) is 18.2 Å². The first-order valence-corrected chi connectivity index (χ1v) is 6.72. The van der Waals surface area contributed by atoms with Crippen LogP contribution in [0.4, 0.5) is 4.39 Å². The van der Waals surface area contributed by atoms with E-state index >= 15 is 0 Å². The second kappa shape index (κ2) is 4.82. The van der Waals surface area contributed by atoms with Crippen molar-refractivity contribution < 1.29 is 13.9 Å². The van der Waals surface area contributed by atoms with Crippen LogP contribution in [0.2, 0.25) is 0 Å². The normalized spacial score (nSPS) is 24.5. The average molecular weight is 261 g/mol. The Labute approximate surface area is 111 Å². The minimum Gasteiger partial charge on any atom is -0.489 e. The van der Waals surface area contributed by atoms with Crippen molar-refractivity contribution in [1.82, 2.24) is 0 Å². The van der Waals surface area contributed by atoms with Crippen LogP contribution in [-0.2, 0) is 4.74 Å². The standard InChI is InChI=1S/C15H16FNO2/c16-13-3-1-4-14(12(13)10-17)19-11-5-8-18-15(9-11)6-2-7-15/h1,3-4,11H,2,5-9H2. The molecule has 1 heterocycles. The molecule has 2 aliphatic rings. The van der Waals surface area contributed by atoms with E-state index in [1.165, 1.54) is 12.5 Å². The van der Waals surface area contributed by atoms with E-state index in [4.69, 9.17) is 14.7 Å². The van der Waals surface area contributed by atoms with Crippen molar-refractivity contribution in [3.05, 3.63) is 29.6 Å². The van der Waals surface area contributed by atoms with Crippen molar-refractivity contribution in [3.63, 3.8) is 0 Å². The fraction of sp³-hybridized carbons (Fsp3) is 0.533. The van der Waals surface area contributed by atoms with Gasteiger partial charge < -0.3 is 9.47 Å². The minimum absolute atomic E-state index is 0.00310. The highest BCUT2D eigenvalue weighted by atomic mass is 19.1. The van der Waals surface area contributed by atoms with Gasteiger partial charge in [-0.05, 0) is 31.4 Å². The van der Waals surface area contributed by atoms with Crippen molar-refractivity contribution in [2.75, 3.05) is 6.61 Å². The van der Waals surface area contributed by atoms with Gasteiger partial charge in [-0.2, -0.15) is 5.26 Å². The predicted octanol–water partition coefficient (Wildman–Crippen LogP) is 3.18. The molecule has 19 heavy (non-hydrogen) atoms. The van der Waals surface area contributed by atoms with E-state index in [-0.39, 0.29) is 17.3 Å². The number of hydrogen-bond acceptors (Lipinski definition) is 3. The molecule has 1 aliphatic carbocycles. The molecule has 1 aromatic rings. The lowest BCUT2D eigenvalue weighted by Crippen LogP contribution is -2.48. The first kappa shape index (κ1) is 12.4. The molecule has 4 heteroatoms. The van der Waals surface area contributed by atoms with Crippen LogP contribution >= 0.6 is 0 Å². The fourth-order valence-electron chi connectivity index (χ4n) is 2.89. The molecule has 2 fully saturated rings. The summed E-state index contributed by atoms with van der Waals surface area (Å²) < 4.78 is 25.2. The van der Waals surface area contributed by atoms with Crippen molar-refractivity contribution >= 4 is 0 Å². The Morgan fingerprint density at radius 2 is 2.26 bits per heavy atom. The van der Waals surface area contributed by atoms with Crippen molar-refractivity contribution in [2.45, 2.75) is 43.8 Å². The van der Waals surface area contributed by atoms with Gasteiger partial charge in [0.1, 0.15) is 29.3 Å². The SMILES string of the molecule is N#Cc1c(F)cccc1OC1CCOC2(CCC2)C1. The highest BCUT2D eigenvalue weighted by Gasteiger charge is 2.43. The highest BCUT2D eigenvalue weighted by molar-refractivity contribution is 5.43. The number of nitriles is 1. The van der Waals surface area contributed by atoms with Gasteiger partial charge in [-0.15, -0.1) is 0 Å². The van der Waals surface area contributed by atoms with Gasteiger partial charge in [0.2, 0.25) is 0 Å². The molecular formula is C15H16FNO2. The van der Waals surface area contributed by atoms with Crippen molar-refractivity contribution in [3.8, 4) is 11.8 Å². The molecule has 1 saturated heterocycles. The summed E-state index contributed by atoms with van der Waals surface area (Å²) in [6.07, 6.45) is 5.03. The molecule has 0 radical (unpaired) electrons. The molecule has 1 atom stereocenters. The van der Waals surface area contributed by atoms with Gasteiger partial charge in [-0.1, -0.05) is 6.07 Å². The van der Waals surface area contributed by atoms with Crippen LogP contribution in [-0.4, -0.2) is 18.3 Å². The van der Waals surface area contributed by atoms with E-state index in [1.54, 1.807) is 12.1 Å². The summed E-state index contributed by atoms with van der Waals surface area (Å²) in [6.45, 7) is 0.682. The smallest absolute Gasteiger partial charge is 0.144 e. The summed E-state index contributed by atoms with van der Waals surface area (Å²) >= 11 is 0. The van der Waals surface area contributed by atoms with Crippen LogP contribution in [0.25, 0.3) is 0 Å². The average Bonchev–Trinajstić information content (AvgIpc) is 2.38. The summed E-state index contributed by atoms with van der Waals surface area (Å²) in [5, 5.41) is 8.99. The topological polar surface area (TPSA) is 42.2 Å². The number of rotatable bonds is 2. The number of hydrogen-bond donors (Lipinski definition) is 0. The maximum Gasteiger partial charge on any atom is 0.144 e. The Bertz CT molecular complexity index is 519. The molecule has 3 rings (SSSR count). The molecule has 1 saturated carbocycles. The molecule has 0 aromatic heterocycles. The Morgan fingerprint density at radius 3 is 2.95 bits per heavy atom. The van der Waals surface area contributed by atoms with Gasteiger partial charge >= 0.3 is 0 Å². The molecule has 0 N–H and O–H groups in total. The van der Waals surface area contributed by atoms with E-state index in [0.29, 0.717) is 12.4 Å². The zero-order valence-electron chi connectivity index (χ0n) is 10.7. The monoisotopic (exact) mass is 261 g/mol. The van der Waals surface area contributed by atoms with E-state index in [2.05, 4.69) is 0 Å². The Hall–Kier alpha value is -1.60. The van der Waals surface area contributed by atoms with Gasteiger partial charge in [0.25, 0.3) is 0 Å². The van der Waals surface area contributed by atoms with Crippen LogP contribution in [0, 0.1) is 17.1 Å². The maximum absolute atomic E-state index is 13.5. The Morgan fingerprint density at radius 1 is 1.42 bits per heavy atom. The minimum atomic E-state index is -0.523. The molecule has 3 nitrogen and oxygen atoms in total. The third-order valence-corrected chi connectivity index (χ3v) is 4.09. The lowest BCUT2D eigenvalue weighted by atomic mass is 9.74. The molecule has 1 aliphatic heterocycles. The van der Waals surface area contributed by atoms with Crippen LogP contribution in [0.5, 0.6) is 5.75 Å². The first-order chi connectivity index (χ1) is 9.22. The number of ether oxygens (including phenoxy) is 2. The number of halogens is 1. The van der Waals surface area contributed by atoms with Crippen LogP contribution in [0.1, 0.15) is 37.7 Å². The third kappa shape index (κ3) is 2.31. The lowest BCUT2D eigenvalue weighted by Gasteiger charge is -2.46. The van der Waals surface area contributed by atoms with Gasteiger partial charge in [-0.25, -0.2) is 4.39 Å². The Kier molecular flexibility index (Phi) is 3.16. The van der Waals surface area contributed by atoms with Crippen molar-refractivity contribution in [2.24, 2.45) is 0 Å². The van der Waals surface area contributed by atoms with Gasteiger partial charge in [0.15, 0.2) is 0 Å². The zero-order valence-corrected chi connectivity index (χ0v) is 10.7. The van der Waals surface area contributed by atoms with E-state index in [9.17, 15) is 4.39 Å². The van der Waals surface area contributed by atoms with Gasteiger partial charge in [0.05, 0.1) is 12.2 Å². The first-order valence-electron chi connectivity index (χ1n) is 6.72. The number of nitrogens with zero attached hydrogens (tertiary/aromatic N) is 1. The van der Waals surface area contributed by atoms with Gasteiger partial charge in [0, 0.05) is 12.8 Å². The fourth-order valence-corrected chi connectivity index (χ4v) is 2.89. The van der Waals surface area contributed by atoms with E-state index in [0.717, 1.165) is 25.7 Å². The van der Waals surface area contributed by atoms with Gasteiger partial charge in [-0.3, -0.25) is 0 Å². The molecule has 0 bridgehead atoms. The number of benzene rings is 1. The Balaban J connectivity index is 1.75. The zero-order chi connectivity index (χ0) is 13.3. The summed E-state index contributed by atoms with van der Waals surface area (Å²) in [5.74, 6) is -0.172. The molecule has 1 aromatic carbocycles. The van der Waals surface area contributed by atoms with Crippen LogP contribution in [0.3, 0.4) is 0 Å². The second-order valence-electron chi connectivity index (χ2n) is 5.34. The summed E-state index contributed by atoms with van der Waals surface area (Å²) in [4.78, 5) is 0. The second-order valence-corrected chi connectivity index (χ2v) is 5.34. The molecule has 1 unspecified atom stereocenters. The largest absolute Gasteiger partial charge is 0.489 e. The van der Waals surface area contributed by atoms with E-state index in [1.807, 2.05) is 6.07 Å². The molecule has 1 spiro atoms. The predicted molar refractivity (Wildman–Crippen MR) is 67.3 cm³/mol. The summed E-state index contributed by atoms with van der Waals surface area (Å²) in [7, 11) is 0. The summed E-state index contributed by atoms with van der Waals surface area (Å²) in [5.41, 5.74) is -0.0140. The molecule has 0 amide bonds. The lowest BCUT2D eigenvalue weighted by molar-refractivity contribution is -0.153. The highest BCUT2D eigenvalue weighted by Crippen LogP contribution is 2.43. The molecular weight excluding hydrogens is 245 g/mol. The van der Waals surface area contributed by atoms with E-state index < -0.39 is 5.82 Å². The summed E-state index contributed by atoms with van der Waals surface area (Å²) in [6, 6.07) is 6.38. The van der Waals surface area contributed by atoms with Crippen LogP contribution < -0.4 is 4.74 Å². The third-order valence-electron chi connectivity index (χ3n) is 4.09. The van der Waals surface area contributed by atoms with Crippen molar-refractivity contribution in [1.29, 1.82) is 5.26 Å². The quantitative estimate of drug-likeness (QED) is 0.821.